The lowest BCUT2D eigenvalue weighted by Gasteiger charge is -2.28. The number of fused-ring (bicyclic) bond motifs is 1. The van der Waals surface area contributed by atoms with Crippen LogP contribution in [0, 0.1) is 5.92 Å². The van der Waals surface area contributed by atoms with Crippen LogP contribution in [-0.4, -0.2) is 51.3 Å². The lowest BCUT2D eigenvalue weighted by atomic mass is 10.2. The van der Waals surface area contributed by atoms with Crippen LogP contribution < -0.4 is 10.1 Å². The Balaban J connectivity index is 0.000000360. The van der Waals surface area contributed by atoms with E-state index >= 15 is 0 Å². The van der Waals surface area contributed by atoms with Crippen molar-refractivity contribution in [3.8, 4) is 5.75 Å². The molecule has 32 heavy (non-hydrogen) atoms. The number of carbonyl (C=O) groups is 2. The van der Waals surface area contributed by atoms with E-state index in [1.54, 1.807) is 7.11 Å². The summed E-state index contributed by atoms with van der Waals surface area (Å²) in [5.41, 5.74) is 2.38. The molecule has 1 amide bonds. The first-order valence-corrected chi connectivity index (χ1v) is 10.1. The van der Waals surface area contributed by atoms with E-state index < -0.39 is 12.1 Å². The number of ether oxygens (including phenoxy) is 1. The van der Waals surface area contributed by atoms with Gasteiger partial charge in [0, 0.05) is 25.6 Å². The summed E-state index contributed by atoms with van der Waals surface area (Å²) in [6.45, 7) is 4.23. The number of methoxy groups -OCH3 is 1. The average molecular weight is 454 g/mol. The number of aliphatic carboxylic acids is 1. The van der Waals surface area contributed by atoms with Crippen LogP contribution in [0.1, 0.15) is 29.9 Å². The molecule has 4 rings (SSSR count). The fraction of sp³-hybridized carbons (Fsp3) is 0.476. The first-order chi connectivity index (χ1) is 15.2. The molecule has 2 aromatic rings. The Morgan fingerprint density at radius 3 is 2.44 bits per heavy atom. The van der Waals surface area contributed by atoms with Gasteiger partial charge in [-0.2, -0.15) is 13.2 Å². The third-order valence-corrected chi connectivity index (χ3v) is 5.23. The molecule has 2 heterocycles. The van der Waals surface area contributed by atoms with Gasteiger partial charge in [0.25, 0.3) is 0 Å². The number of benzene rings is 1. The van der Waals surface area contributed by atoms with Gasteiger partial charge in [0.2, 0.25) is 5.91 Å². The molecule has 0 unspecified atom stereocenters. The summed E-state index contributed by atoms with van der Waals surface area (Å²) < 4.78 is 39.2. The highest BCUT2D eigenvalue weighted by atomic mass is 19.4. The number of nitrogens with one attached hydrogen (secondary N) is 1. The highest BCUT2D eigenvalue weighted by molar-refractivity contribution is 5.80. The number of hydrogen-bond acceptors (Lipinski definition) is 5. The number of carboxylic acid groups (broad SMARTS) is 1. The zero-order valence-corrected chi connectivity index (χ0v) is 17.6. The summed E-state index contributed by atoms with van der Waals surface area (Å²) in [4.78, 5) is 27.7. The Hall–Kier alpha value is -3.08. The van der Waals surface area contributed by atoms with Crippen molar-refractivity contribution in [2.75, 3.05) is 13.7 Å². The molecule has 174 valence electrons. The van der Waals surface area contributed by atoms with Crippen molar-refractivity contribution < 1.29 is 32.6 Å². The molecule has 2 aliphatic rings. The molecule has 1 aromatic carbocycles. The van der Waals surface area contributed by atoms with Crippen LogP contribution in [0.15, 0.2) is 30.5 Å². The van der Waals surface area contributed by atoms with Crippen molar-refractivity contribution in [3.63, 3.8) is 0 Å². The Kier molecular flexibility index (Phi) is 7.39. The van der Waals surface area contributed by atoms with E-state index in [0.717, 1.165) is 56.3 Å². The highest BCUT2D eigenvalue weighted by Gasteiger charge is 2.38. The van der Waals surface area contributed by atoms with Crippen molar-refractivity contribution in [2.24, 2.45) is 5.92 Å². The zero-order valence-electron chi connectivity index (χ0n) is 17.6. The van der Waals surface area contributed by atoms with Gasteiger partial charge in [0.1, 0.15) is 11.6 Å². The summed E-state index contributed by atoms with van der Waals surface area (Å²) in [6, 6.07) is 8.22. The zero-order chi connectivity index (χ0) is 23.3. The number of alkyl halides is 3. The largest absolute Gasteiger partial charge is 0.497 e. The van der Waals surface area contributed by atoms with Crippen molar-refractivity contribution in [2.45, 2.75) is 45.2 Å². The molecule has 8 nitrogen and oxygen atoms in total. The van der Waals surface area contributed by atoms with Gasteiger partial charge < -0.3 is 19.7 Å². The van der Waals surface area contributed by atoms with Gasteiger partial charge in [-0.15, -0.1) is 0 Å². The molecular formula is C21H25F3N4O4. The van der Waals surface area contributed by atoms with Gasteiger partial charge in [0.15, 0.2) is 0 Å². The normalized spacial score (nSPS) is 15.9. The molecule has 1 saturated carbocycles. The van der Waals surface area contributed by atoms with E-state index in [9.17, 15) is 18.0 Å². The molecule has 0 atom stereocenters. The number of amides is 1. The number of carbonyl (C=O) groups excluding carboxylic acids is 1. The minimum atomic E-state index is -5.08. The summed E-state index contributed by atoms with van der Waals surface area (Å²) in [7, 11) is 1.68. The number of imidazole rings is 1. The monoisotopic (exact) mass is 454 g/mol. The van der Waals surface area contributed by atoms with E-state index in [1.807, 2.05) is 18.3 Å². The van der Waals surface area contributed by atoms with E-state index in [4.69, 9.17) is 14.6 Å². The lowest BCUT2D eigenvalue weighted by Crippen LogP contribution is -2.34. The molecule has 1 aliphatic carbocycles. The first kappa shape index (κ1) is 23.6. The average Bonchev–Trinajstić information content (AvgIpc) is 3.53. The Labute approximate surface area is 183 Å². The van der Waals surface area contributed by atoms with Crippen LogP contribution in [0.4, 0.5) is 13.2 Å². The van der Waals surface area contributed by atoms with E-state index in [-0.39, 0.29) is 11.8 Å². The molecule has 11 heteroatoms. The van der Waals surface area contributed by atoms with E-state index in [2.05, 4.69) is 31.9 Å². The number of halogens is 3. The number of nitrogens with zero attached hydrogens (tertiary/aromatic N) is 3. The van der Waals surface area contributed by atoms with E-state index in [1.165, 1.54) is 5.56 Å². The van der Waals surface area contributed by atoms with Crippen molar-refractivity contribution in [3.05, 3.63) is 47.5 Å². The highest BCUT2D eigenvalue weighted by Crippen LogP contribution is 2.29. The second kappa shape index (κ2) is 10.0. The molecule has 0 radical (unpaired) electrons. The summed E-state index contributed by atoms with van der Waals surface area (Å²) >= 11 is 0. The molecule has 0 bridgehead atoms. The van der Waals surface area contributed by atoms with Gasteiger partial charge in [-0.1, -0.05) is 12.1 Å². The van der Waals surface area contributed by atoms with Gasteiger partial charge in [-0.3, -0.25) is 9.69 Å². The molecule has 2 N–H and O–H groups in total. The predicted octanol–water partition coefficient (Wildman–Crippen LogP) is 2.57. The Morgan fingerprint density at radius 2 is 1.88 bits per heavy atom. The fourth-order valence-corrected chi connectivity index (χ4v) is 3.31. The predicted molar refractivity (Wildman–Crippen MR) is 108 cm³/mol. The second-order valence-electron chi connectivity index (χ2n) is 7.67. The number of aromatic nitrogens is 2. The van der Waals surface area contributed by atoms with Gasteiger partial charge in [-0.25, -0.2) is 9.78 Å². The number of hydrogen-bond donors (Lipinski definition) is 2. The summed E-state index contributed by atoms with van der Waals surface area (Å²) in [5.74, 6) is -0.352. The van der Waals surface area contributed by atoms with Crippen LogP contribution >= 0.6 is 0 Å². The topological polar surface area (TPSA) is 96.7 Å². The van der Waals surface area contributed by atoms with Crippen molar-refractivity contribution in [1.29, 1.82) is 0 Å². The van der Waals surface area contributed by atoms with Gasteiger partial charge in [-0.05, 0) is 30.5 Å². The maximum absolute atomic E-state index is 11.8. The minimum absolute atomic E-state index is 0.187. The maximum Gasteiger partial charge on any atom is 0.490 e. The lowest BCUT2D eigenvalue weighted by molar-refractivity contribution is -0.192. The van der Waals surface area contributed by atoms with E-state index in [0.29, 0.717) is 6.54 Å². The fourth-order valence-electron chi connectivity index (χ4n) is 3.31. The molecule has 0 spiro atoms. The van der Waals surface area contributed by atoms with Crippen LogP contribution in [0.25, 0.3) is 0 Å². The third kappa shape index (κ3) is 6.46. The van der Waals surface area contributed by atoms with Crippen molar-refractivity contribution in [1.82, 2.24) is 19.8 Å². The SMILES string of the molecule is COc1ccc(CN2CCn3c(CNC(=O)C4CC4)cnc3C2)cc1.O=C(O)C(F)(F)F. The van der Waals surface area contributed by atoms with Crippen LogP contribution in [0.2, 0.25) is 0 Å². The Bertz CT molecular complexity index is 940. The molecule has 0 saturated heterocycles. The third-order valence-electron chi connectivity index (χ3n) is 5.23. The number of rotatable bonds is 6. The van der Waals surface area contributed by atoms with Gasteiger partial charge >= 0.3 is 12.1 Å². The molecule has 1 aliphatic heterocycles. The molecule has 1 fully saturated rings. The number of carboxylic acids is 1. The minimum Gasteiger partial charge on any atom is -0.497 e. The van der Waals surface area contributed by atoms with Crippen molar-refractivity contribution >= 4 is 11.9 Å². The van der Waals surface area contributed by atoms with Gasteiger partial charge in [0.05, 0.1) is 32.1 Å². The standard InChI is InChI=1S/C19H24N4O2.C2HF3O2/c1-25-17-6-2-14(3-7-17)12-22-8-9-23-16(10-20-18(23)13-22)11-21-19(24)15-4-5-15;3-2(4,5)1(6)7/h2-3,6-7,10,15H,4-5,8-9,11-13H2,1H3,(H,21,24);(H,6,7). The van der Waals surface area contributed by atoms with Crippen LogP contribution in [0.5, 0.6) is 5.75 Å². The molecule has 1 aromatic heterocycles. The smallest absolute Gasteiger partial charge is 0.490 e. The second-order valence-corrected chi connectivity index (χ2v) is 7.67. The first-order valence-electron chi connectivity index (χ1n) is 10.1. The quantitative estimate of drug-likeness (QED) is 0.697. The van der Waals surface area contributed by atoms with Crippen LogP contribution in [0.3, 0.4) is 0 Å². The van der Waals surface area contributed by atoms with Crippen LogP contribution in [-0.2, 0) is 35.8 Å². The summed E-state index contributed by atoms with van der Waals surface area (Å²) in [6.07, 6.45) is -1.10. The summed E-state index contributed by atoms with van der Waals surface area (Å²) in [5, 5.41) is 10.2. The maximum atomic E-state index is 11.8. The molecular weight excluding hydrogens is 429 g/mol. The Morgan fingerprint density at radius 1 is 1.22 bits per heavy atom.